The molecule has 1 aliphatic rings. The van der Waals surface area contributed by atoms with Crippen LogP contribution < -0.4 is 24.3 Å². The Balaban J connectivity index is 1.33. The molecule has 1 N–H and O–H groups in total. The minimum Gasteiger partial charge on any atom is -0.490 e. The molecule has 3 aromatic carbocycles. The average molecular weight is 431 g/mol. The number of ether oxygens (including phenoxy) is 4. The van der Waals surface area contributed by atoms with E-state index in [-0.39, 0.29) is 12.8 Å². The minimum atomic E-state index is 0.253. The van der Waals surface area contributed by atoms with Crippen LogP contribution in [0.5, 0.6) is 29.0 Å². The Kier molecular flexibility index (Phi) is 5.44. The number of para-hydroxylation sites is 1. The van der Waals surface area contributed by atoms with Crippen molar-refractivity contribution in [3.63, 3.8) is 0 Å². The van der Waals surface area contributed by atoms with Crippen molar-refractivity contribution in [2.75, 3.05) is 18.7 Å². The van der Waals surface area contributed by atoms with Gasteiger partial charge in [0.25, 0.3) is 0 Å². The van der Waals surface area contributed by atoms with Crippen LogP contribution in [0, 0.1) is 0 Å². The van der Waals surface area contributed by atoms with Gasteiger partial charge in [0.1, 0.15) is 0 Å². The van der Waals surface area contributed by atoms with Gasteiger partial charge in [-0.2, -0.15) is 4.68 Å². The Hall–Kier alpha value is -4.27. The molecule has 9 heteroatoms. The van der Waals surface area contributed by atoms with Crippen molar-refractivity contribution in [3.8, 4) is 34.7 Å². The lowest BCUT2D eigenvalue weighted by atomic mass is 10.2. The molecule has 0 fully saturated rings. The molecule has 0 radical (unpaired) electrons. The molecule has 0 aliphatic carbocycles. The van der Waals surface area contributed by atoms with E-state index < -0.39 is 0 Å². The van der Waals surface area contributed by atoms with Crippen LogP contribution in [0.4, 0.5) is 5.69 Å². The lowest BCUT2D eigenvalue weighted by Gasteiger charge is -2.13. The highest BCUT2D eigenvalue weighted by molar-refractivity contribution is 5.56. The van der Waals surface area contributed by atoms with Gasteiger partial charge in [0, 0.05) is 18.3 Å². The summed E-state index contributed by atoms with van der Waals surface area (Å²) in [6.07, 6.45) is 0. The number of hydrogen-bond donors (Lipinski definition) is 1. The van der Waals surface area contributed by atoms with Gasteiger partial charge in [-0.15, -0.1) is 0 Å². The number of tetrazole rings is 1. The van der Waals surface area contributed by atoms with Crippen molar-refractivity contribution in [2.24, 2.45) is 0 Å². The first-order chi connectivity index (χ1) is 15.8. The molecule has 0 saturated carbocycles. The summed E-state index contributed by atoms with van der Waals surface area (Å²) in [6, 6.07) is 21.3. The quantitative estimate of drug-likeness (QED) is 0.444. The molecule has 0 atom stereocenters. The fraction of sp³-hybridized carbons (Fsp3) is 0.174. The van der Waals surface area contributed by atoms with E-state index >= 15 is 0 Å². The molecule has 5 rings (SSSR count). The Morgan fingerprint density at radius 1 is 0.969 bits per heavy atom. The molecule has 9 nitrogen and oxygen atoms in total. The first-order valence-electron chi connectivity index (χ1n) is 10.2. The summed E-state index contributed by atoms with van der Waals surface area (Å²) >= 11 is 0. The number of anilines is 1. The highest BCUT2D eigenvalue weighted by atomic mass is 16.7. The molecule has 0 unspecified atom stereocenters. The molecule has 0 bridgehead atoms. The number of fused-ring (bicyclic) bond motifs is 1. The van der Waals surface area contributed by atoms with E-state index in [0.29, 0.717) is 24.7 Å². The Morgan fingerprint density at radius 2 is 1.84 bits per heavy atom. The lowest BCUT2D eigenvalue weighted by molar-refractivity contribution is 0.174. The number of rotatable bonds is 8. The van der Waals surface area contributed by atoms with Crippen LogP contribution in [-0.2, 0) is 6.54 Å². The highest BCUT2D eigenvalue weighted by Gasteiger charge is 2.15. The van der Waals surface area contributed by atoms with Crippen LogP contribution in [-0.4, -0.2) is 33.6 Å². The summed E-state index contributed by atoms with van der Waals surface area (Å²) in [5.74, 6) is 2.64. The number of nitrogens with zero attached hydrogens (tertiary/aromatic N) is 4. The van der Waals surface area contributed by atoms with Gasteiger partial charge in [0.2, 0.25) is 6.79 Å². The number of hydrogen-bond acceptors (Lipinski definition) is 8. The van der Waals surface area contributed by atoms with E-state index in [1.54, 1.807) is 0 Å². The Bertz CT molecular complexity index is 1210. The third-order valence-corrected chi connectivity index (χ3v) is 4.82. The van der Waals surface area contributed by atoms with E-state index in [1.807, 2.05) is 73.7 Å². The average Bonchev–Trinajstić information content (AvgIpc) is 3.49. The van der Waals surface area contributed by atoms with Crippen molar-refractivity contribution >= 4 is 5.69 Å². The van der Waals surface area contributed by atoms with Crippen LogP contribution in [0.25, 0.3) is 5.69 Å². The molecule has 1 aromatic heterocycles. The fourth-order valence-corrected chi connectivity index (χ4v) is 3.30. The lowest BCUT2D eigenvalue weighted by Crippen LogP contribution is -2.03. The topological polar surface area (TPSA) is 92.6 Å². The highest BCUT2D eigenvalue weighted by Crippen LogP contribution is 2.35. The summed E-state index contributed by atoms with van der Waals surface area (Å²) in [6.45, 7) is 3.28. The molecule has 32 heavy (non-hydrogen) atoms. The zero-order chi connectivity index (χ0) is 21.8. The second kappa shape index (κ2) is 8.84. The SMILES string of the molecule is CCOc1cc(CNc2ccc3c(c2)OCO3)ccc1Oc1nnnn1-c1ccccc1. The van der Waals surface area contributed by atoms with Gasteiger partial charge in [0.15, 0.2) is 23.0 Å². The maximum Gasteiger partial charge on any atom is 0.346 e. The summed E-state index contributed by atoms with van der Waals surface area (Å²) in [5, 5.41) is 15.2. The molecule has 4 aromatic rings. The first kappa shape index (κ1) is 19.7. The van der Waals surface area contributed by atoms with Gasteiger partial charge in [0.05, 0.1) is 12.3 Å². The summed E-state index contributed by atoms with van der Waals surface area (Å²) in [5.41, 5.74) is 2.77. The van der Waals surface area contributed by atoms with Gasteiger partial charge >= 0.3 is 6.01 Å². The largest absolute Gasteiger partial charge is 0.490 e. The maximum atomic E-state index is 6.01. The van der Waals surface area contributed by atoms with Crippen molar-refractivity contribution in [3.05, 3.63) is 72.3 Å². The van der Waals surface area contributed by atoms with E-state index in [4.69, 9.17) is 18.9 Å². The van der Waals surface area contributed by atoms with Crippen molar-refractivity contribution in [1.82, 2.24) is 20.2 Å². The normalized spacial score (nSPS) is 11.9. The molecule has 2 heterocycles. The molecule has 0 spiro atoms. The predicted octanol–water partition coefficient (Wildman–Crippen LogP) is 4.19. The molecule has 1 aliphatic heterocycles. The summed E-state index contributed by atoms with van der Waals surface area (Å²) in [4.78, 5) is 0. The zero-order valence-corrected chi connectivity index (χ0v) is 17.4. The second-order valence-corrected chi connectivity index (χ2v) is 6.95. The Morgan fingerprint density at radius 3 is 2.72 bits per heavy atom. The van der Waals surface area contributed by atoms with Crippen molar-refractivity contribution < 1.29 is 18.9 Å². The van der Waals surface area contributed by atoms with Crippen LogP contribution in [0.1, 0.15) is 12.5 Å². The number of aromatic nitrogens is 4. The van der Waals surface area contributed by atoms with Gasteiger partial charge in [-0.25, -0.2) is 0 Å². The molecule has 0 saturated heterocycles. The van der Waals surface area contributed by atoms with E-state index in [2.05, 4.69) is 20.8 Å². The zero-order valence-electron chi connectivity index (χ0n) is 17.4. The smallest absolute Gasteiger partial charge is 0.346 e. The van der Waals surface area contributed by atoms with E-state index in [0.717, 1.165) is 28.4 Å². The maximum absolute atomic E-state index is 6.01. The minimum absolute atomic E-state index is 0.253. The molecule has 0 amide bonds. The van der Waals surface area contributed by atoms with Crippen LogP contribution in [0.15, 0.2) is 66.7 Å². The van der Waals surface area contributed by atoms with Crippen molar-refractivity contribution in [2.45, 2.75) is 13.5 Å². The fourth-order valence-electron chi connectivity index (χ4n) is 3.30. The predicted molar refractivity (Wildman–Crippen MR) is 117 cm³/mol. The van der Waals surface area contributed by atoms with Crippen LogP contribution in [0.2, 0.25) is 0 Å². The van der Waals surface area contributed by atoms with Gasteiger partial charge < -0.3 is 24.3 Å². The van der Waals surface area contributed by atoms with E-state index in [9.17, 15) is 0 Å². The van der Waals surface area contributed by atoms with Gasteiger partial charge in [-0.3, -0.25) is 0 Å². The third kappa shape index (κ3) is 4.13. The van der Waals surface area contributed by atoms with Crippen LogP contribution >= 0.6 is 0 Å². The second-order valence-electron chi connectivity index (χ2n) is 6.95. The summed E-state index contributed by atoms with van der Waals surface area (Å²) < 4.78 is 24.1. The number of nitrogens with one attached hydrogen (secondary N) is 1. The molecular weight excluding hydrogens is 410 g/mol. The molecule has 162 valence electrons. The summed E-state index contributed by atoms with van der Waals surface area (Å²) in [7, 11) is 0. The van der Waals surface area contributed by atoms with Crippen LogP contribution in [0.3, 0.4) is 0 Å². The standard InChI is InChI=1S/C23H21N5O4/c1-2-29-21-12-16(14-24-17-9-11-19-22(13-17)31-15-30-19)8-10-20(21)32-23-25-26-27-28(23)18-6-4-3-5-7-18/h3-13,24H,2,14-15H2,1H3. The molecular formula is C23H21N5O4. The van der Waals surface area contributed by atoms with Crippen molar-refractivity contribution in [1.29, 1.82) is 0 Å². The van der Waals surface area contributed by atoms with Gasteiger partial charge in [-0.05, 0) is 59.3 Å². The first-order valence-corrected chi connectivity index (χ1v) is 10.2. The number of benzene rings is 3. The monoisotopic (exact) mass is 431 g/mol. The van der Waals surface area contributed by atoms with E-state index in [1.165, 1.54) is 4.68 Å². The van der Waals surface area contributed by atoms with Gasteiger partial charge in [-0.1, -0.05) is 29.4 Å². The third-order valence-electron chi connectivity index (χ3n) is 4.82. The Labute approximate surface area is 184 Å².